The summed E-state index contributed by atoms with van der Waals surface area (Å²) in [4.78, 5) is 3.95. The van der Waals surface area contributed by atoms with Gasteiger partial charge in [-0.1, -0.05) is 24.3 Å². The van der Waals surface area contributed by atoms with Crippen LogP contribution >= 0.6 is 0 Å². The minimum absolute atomic E-state index is 0.168. The zero-order chi connectivity index (χ0) is 9.80. The molecule has 0 radical (unpaired) electrons. The summed E-state index contributed by atoms with van der Waals surface area (Å²) in [6, 6.07) is 8.15. The van der Waals surface area contributed by atoms with E-state index in [-0.39, 0.29) is 6.73 Å². The molecule has 0 bridgehead atoms. The lowest BCUT2D eigenvalue weighted by Gasteiger charge is -2.04. The van der Waals surface area contributed by atoms with Gasteiger partial charge in [0, 0.05) is 12.6 Å². The summed E-state index contributed by atoms with van der Waals surface area (Å²) in [5, 5.41) is 11.7. The van der Waals surface area contributed by atoms with Gasteiger partial charge in [0.25, 0.3) is 0 Å². The lowest BCUT2D eigenvalue weighted by atomic mass is 10.1. The van der Waals surface area contributed by atoms with Gasteiger partial charge in [-0.05, 0) is 17.2 Å². The summed E-state index contributed by atoms with van der Waals surface area (Å²) in [7, 11) is 0. The lowest BCUT2D eigenvalue weighted by molar-refractivity contribution is 0.309. The highest BCUT2D eigenvalue weighted by Gasteiger charge is 2.06. The third kappa shape index (κ3) is 1.83. The van der Waals surface area contributed by atoms with Crippen LogP contribution in [-0.4, -0.2) is 17.7 Å². The number of nitrogens with zero attached hydrogens (tertiary/aromatic N) is 1. The molecule has 0 saturated carbocycles. The predicted molar refractivity (Wildman–Crippen MR) is 56.8 cm³/mol. The first-order valence-corrected chi connectivity index (χ1v) is 4.55. The van der Waals surface area contributed by atoms with Crippen LogP contribution in [0.15, 0.2) is 35.5 Å². The van der Waals surface area contributed by atoms with Crippen molar-refractivity contribution in [3.63, 3.8) is 0 Å². The van der Waals surface area contributed by atoms with Crippen molar-refractivity contribution in [3.8, 4) is 0 Å². The van der Waals surface area contributed by atoms with E-state index in [2.05, 4.69) is 22.4 Å². The Morgan fingerprint density at radius 1 is 1.36 bits per heavy atom. The van der Waals surface area contributed by atoms with Crippen molar-refractivity contribution in [2.24, 2.45) is 4.99 Å². The molecular weight excluding hydrogens is 176 g/mol. The summed E-state index contributed by atoms with van der Waals surface area (Å²) < 4.78 is 0. The number of amidine groups is 1. The minimum Gasteiger partial charge on any atom is -0.374 e. The van der Waals surface area contributed by atoms with Crippen molar-refractivity contribution in [3.05, 3.63) is 41.6 Å². The molecule has 2 rings (SSSR count). The van der Waals surface area contributed by atoms with Gasteiger partial charge in [-0.3, -0.25) is 0 Å². The number of aliphatic imine (C=N–C) groups is 1. The highest BCUT2D eigenvalue weighted by atomic mass is 16.3. The molecule has 0 amide bonds. The molecule has 0 spiro atoms. The van der Waals surface area contributed by atoms with E-state index < -0.39 is 0 Å². The number of hydrogen-bond acceptors (Lipinski definition) is 2. The molecule has 0 atom stereocenters. The van der Waals surface area contributed by atoms with E-state index >= 15 is 0 Å². The summed E-state index contributed by atoms with van der Waals surface area (Å²) >= 11 is 0. The normalized spacial score (nSPS) is 17.4. The fraction of sp³-hybridized carbons (Fsp3) is 0.182. The van der Waals surface area contributed by atoms with Crippen LogP contribution in [0.5, 0.6) is 0 Å². The van der Waals surface area contributed by atoms with Crippen LogP contribution < -0.4 is 5.32 Å². The Bertz CT molecular complexity index is 383. The molecule has 2 N–H and O–H groups in total. The molecule has 1 aliphatic heterocycles. The Balaban J connectivity index is 2.34. The first-order chi connectivity index (χ1) is 6.90. The molecule has 1 heterocycles. The van der Waals surface area contributed by atoms with E-state index in [1.54, 1.807) is 0 Å². The van der Waals surface area contributed by atoms with E-state index in [0.29, 0.717) is 0 Å². The Hall–Kier alpha value is -1.61. The van der Waals surface area contributed by atoms with Crippen molar-refractivity contribution in [2.75, 3.05) is 6.73 Å². The molecule has 72 valence electrons. The fourth-order valence-corrected chi connectivity index (χ4v) is 1.50. The quantitative estimate of drug-likeness (QED) is 0.694. The molecular formula is C11H12N2O. The van der Waals surface area contributed by atoms with E-state index in [0.717, 1.165) is 12.3 Å². The summed E-state index contributed by atoms with van der Waals surface area (Å²) in [6.07, 6.45) is 4.60. The van der Waals surface area contributed by atoms with Crippen LogP contribution in [0.3, 0.4) is 0 Å². The molecule has 0 fully saturated rings. The summed E-state index contributed by atoms with van der Waals surface area (Å²) in [5.41, 5.74) is 2.42. The van der Waals surface area contributed by atoms with Gasteiger partial charge in [-0.25, -0.2) is 4.99 Å². The third-order valence-electron chi connectivity index (χ3n) is 2.19. The molecule has 0 aliphatic carbocycles. The third-order valence-corrected chi connectivity index (χ3v) is 2.19. The Morgan fingerprint density at radius 2 is 2.21 bits per heavy atom. The maximum atomic E-state index is 8.71. The smallest absolute Gasteiger partial charge is 0.136 e. The molecule has 0 aromatic heterocycles. The van der Waals surface area contributed by atoms with Crippen LogP contribution in [0.4, 0.5) is 0 Å². The number of benzene rings is 1. The molecule has 0 unspecified atom stereocenters. The zero-order valence-electron chi connectivity index (χ0n) is 7.77. The van der Waals surface area contributed by atoms with E-state index in [4.69, 9.17) is 5.11 Å². The number of aliphatic hydroxyl groups is 1. The number of fused-ring (bicyclic) bond motifs is 1. The van der Waals surface area contributed by atoms with Gasteiger partial charge in [0.15, 0.2) is 0 Å². The van der Waals surface area contributed by atoms with Gasteiger partial charge in [0.2, 0.25) is 0 Å². The van der Waals surface area contributed by atoms with Crippen molar-refractivity contribution in [1.82, 2.24) is 5.32 Å². The fourth-order valence-electron chi connectivity index (χ4n) is 1.50. The van der Waals surface area contributed by atoms with Gasteiger partial charge in [0.1, 0.15) is 12.6 Å². The van der Waals surface area contributed by atoms with Crippen molar-refractivity contribution in [1.29, 1.82) is 0 Å². The van der Waals surface area contributed by atoms with Crippen LogP contribution in [0.1, 0.15) is 11.1 Å². The van der Waals surface area contributed by atoms with Crippen molar-refractivity contribution < 1.29 is 5.11 Å². The molecule has 1 aromatic carbocycles. The number of nitrogens with one attached hydrogen (secondary N) is 1. The summed E-state index contributed by atoms with van der Waals surface area (Å²) in [6.45, 7) is -0.168. The van der Waals surface area contributed by atoms with Crippen LogP contribution in [0.2, 0.25) is 0 Å². The van der Waals surface area contributed by atoms with Gasteiger partial charge >= 0.3 is 0 Å². The molecule has 1 aliphatic rings. The topological polar surface area (TPSA) is 44.6 Å². The second kappa shape index (κ2) is 4.07. The SMILES string of the molecule is OC/N=C1/Cc2ccccc2C=CN1. The first kappa shape index (κ1) is 8.97. The number of aliphatic hydroxyl groups excluding tert-OH is 1. The van der Waals surface area contributed by atoms with Gasteiger partial charge < -0.3 is 10.4 Å². The van der Waals surface area contributed by atoms with Gasteiger partial charge in [-0.15, -0.1) is 0 Å². The highest BCUT2D eigenvalue weighted by molar-refractivity contribution is 5.88. The lowest BCUT2D eigenvalue weighted by Crippen LogP contribution is -2.19. The standard InChI is InChI=1S/C11H12N2O/c14-8-13-11-7-10-4-2-1-3-9(10)5-6-12-11/h1-6,14H,7-8H2,(H,12,13). The Labute approximate surface area is 82.8 Å². The van der Waals surface area contributed by atoms with Crippen molar-refractivity contribution in [2.45, 2.75) is 6.42 Å². The van der Waals surface area contributed by atoms with Crippen LogP contribution in [0, 0.1) is 0 Å². The van der Waals surface area contributed by atoms with Crippen molar-refractivity contribution >= 4 is 11.9 Å². The molecule has 1 aromatic rings. The van der Waals surface area contributed by atoms with Crippen LogP contribution in [-0.2, 0) is 6.42 Å². The monoisotopic (exact) mass is 188 g/mol. The highest BCUT2D eigenvalue weighted by Crippen LogP contribution is 2.13. The molecule has 0 saturated heterocycles. The largest absolute Gasteiger partial charge is 0.374 e. The number of hydrogen-bond donors (Lipinski definition) is 2. The van der Waals surface area contributed by atoms with E-state index in [1.165, 1.54) is 11.1 Å². The maximum Gasteiger partial charge on any atom is 0.136 e. The van der Waals surface area contributed by atoms with Gasteiger partial charge in [-0.2, -0.15) is 0 Å². The van der Waals surface area contributed by atoms with E-state index in [1.807, 2.05) is 24.4 Å². The van der Waals surface area contributed by atoms with E-state index in [9.17, 15) is 0 Å². The average molecular weight is 188 g/mol. The minimum atomic E-state index is -0.168. The molecule has 3 nitrogen and oxygen atoms in total. The van der Waals surface area contributed by atoms with Crippen LogP contribution in [0.25, 0.3) is 6.08 Å². The second-order valence-electron chi connectivity index (χ2n) is 3.10. The summed E-state index contributed by atoms with van der Waals surface area (Å²) in [5.74, 6) is 0.800. The zero-order valence-corrected chi connectivity index (χ0v) is 7.77. The first-order valence-electron chi connectivity index (χ1n) is 4.55. The second-order valence-corrected chi connectivity index (χ2v) is 3.10. The Morgan fingerprint density at radius 3 is 3.07 bits per heavy atom. The molecule has 14 heavy (non-hydrogen) atoms. The number of rotatable bonds is 1. The van der Waals surface area contributed by atoms with Gasteiger partial charge in [0.05, 0.1) is 0 Å². The predicted octanol–water partition coefficient (Wildman–Crippen LogP) is 1.15. The molecule has 3 heteroatoms. The Kier molecular flexibility index (Phi) is 2.60. The average Bonchev–Trinajstić information content (AvgIpc) is 2.40. The maximum absolute atomic E-state index is 8.71.